The molecule has 1 aliphatic rings. The summed E-state index contributed by atoms with van der Waals surface area (Å²) in [5.41, 5.74) is 1.10. The quantitative estimate of drug-likeness (QED) is 0.915. The van der Waals surface area contributed by atoms with E-state index in [0.29, 0.717) is 0 Å². The van der Waals surface area contributed by atoms with Crippen LogP contribution < -0.4 is 5.32 Å². The second-order valence-electron chi connectivity index (χ2n) is 3.67. The number of rotatable bonds is 4. The van der Waals surface area contributed by atoms with Crippen LogP contribution in [0.15, 0.2) is 10.7 Å². The maximum absolute atomic E-state index is 4.33. The first kappa shape index (κ1) is 12.0. The van der Waals surface area contributed by atoms with Crippen LogP contribution in [0.1, 0.15) is 18.5 Å². The lowest BCUT2D eigenvalue weighted by atomic mass is 10.4. The topological polar surface area (TPSA) is 29.9 Å². The standard InChI is InChI=1S/C9H14BrN3.ClH/c1-13-6-8(10)9(12-13)5-11-4-7-2-3-7;/h6-7,11H,2-5H2,1H3;1H. The third kappa shape index (κ3) is 3.26. The van der Waals surface area contributed by atoms with E-state index in [2.05, 4.69) is 26.3 Å². The van der Waals surface area contributed by atoms with Gasteiger partial charge in [0.25, 0.3) is 0 Å². The molecule has 0 atom stereocenters. The summed E-state index contributed by atoms with van der Waals surface area (Å²) in [6.45, 7) is 2.01. The molecular formula is C9H15BrClN3. The molecule has 1 aromatic rings. The summed E-state index contributed by atoms with van der Waals surface area (Å²) >= 11 is 3.48. The van der Waals surface area contributed by atoms with Crippen LogP contribution >= 0.6 is 28.3 Å². The molecule has 5 heteroatoms. The molecule has 0 bridgehead atoms. The Kier molecular flexibility index (Phi) is 4.41. The first-order valence-electron chi connectivity index (χ1n) is 4.64. The van der Waals surface area contributed by atoms with Crippen LogP contribution in [0.3, 0.4) is 0 Å². The summed E-state index contributed by atoms with van der Waals surface area (Å²) in [5.74, 6) is 0.933. The maximum atomic E-state index is 4.33. The van der Waals surface area contributed by atoms with E-state index in [0.717, 1.165) is 29.2 Å². The minimum atomic E-state index is 0. The number of halogens is 2. The van der Waals surface area contributed by atoms with Crippen LogP contribution in [0.2, 0.25) is 0 Å². The lowest BCUT2D eigenvalue weighted by Gasteiger charge is -2.00. The van der Waals surface area contributed by atoms with Crippen molar-refractivity contribution in [3.63, 3.8) is 0 Å². The van der Waals surface area contributed by atoms with Crippen molar-refractivity contribution in [2.24, 2.45) is 13.0 Å². The Balaban J connectivity index is 0.000000980. The van der Waals surface area contributed by atoms with Gasteiger partial charge >= 0.3 is 0 Å². The lowest BCUT2D eigenvalue weighted by molar-refractivity contribution is 0.618. The second-order valence-corrected chi connectivity index (χ2v) is 4.53. The predicted octanol–water partition coefficient (Wildman–Crippen LogP) is 2.10. The first-order valence-corrected chi connectivity index (χ1v) is 5.44. The Hall–Kier alpha value is -0.0600. The van der Waals surface area contributed by atoms with Crippen LogP contribution in [-0.4, -0.2) is 16.3 Å². The number of aryl methyl sites for hydroxylation is 1. The Morgan fingerprint density at radius 1 is 1.64 bits per heavy atom. The fourth-order valence-electron chi connectivity index (χ4n) is 1.34. The van der Waals surface area contributed by atoms with Crippen molar-refractivity contribution in [3.05, 3.63) is 16.4 Å². The number of hydrogen-bond donors (Lipinski definition) is 1. The third-order valence-electron chi connectivity index (χ3n) is 2.28. The van der Waals surface area contributed by atoms with Crippen LogP contribution in [0.4, 0.5) is 0 Å². The summed E-state index contributed by atoms with van der Waals surface area (Å²) in [6, 6.07) is 0. The van der Waals surface area contributed by atoms with E-state index in [-0.39, 0.29) is 12.4 Å². The normalized spacial score (nSPS) is 15.3. The van der Waals surface area contributed by atoms with Crippen LogP contribution in [0.5, 0.6) is 0 Å². The highest BCUT2D eigenvalue weighted by Gasteiger charge is 2.20. The summed E-state index contributed by atoms with van der Waals surface area (Å²) in [5, 5.41) is 7.75. The first-order chi connectivity index (χ1) is 6.25. The van der Waals surface area contributed by atoms with Gasteiger partial charge in [0.05, 0.1) is 10.2 Å². The van der Waals surface area contributed by atoms with Gasteiger partial charge in [-0.2, -0.15) is 5.10 Å². The van der Waals surface area contributed by atoms with Gasteiger partial charge in [0.15, 0.2) is 0 Å². The van der Waals surface area contributed by atoms with Crippen LogP contribution in [0.25, 0.3) is 0 Å². The molecule has 1 saturated carbocycles. The number of aromatic nitrogens is 2. The monoisotopic (exact) mass is 279 g/mol. The molecule has 0 amide bonds. The van der Waals surface area contributed by atoms with E-state index >= 15 is 0 Å². The van der Waals surface area contributed by atoms with E-state index < -0.39 is 0 Å². The Bertz CT molecular complexity index is 296. The van der Waals surface area contributed by atoms with Gasteiger partial charge in [-0.15, -0.1) is 12.4 Å². The molecule has 0 aromatic carbocycles. The van der Waals surface area contributed by atoms with E-state index in [4.69, 9.17) is 0 Å². The Morgan fingerprint density at radius 3 is 2.86 bits per heavy atom. The van der Waals surface area contributed by atoms with Gasteiger partial charge < -0.3 is 5.32 Å². The van der Waals surface area contributed by atoms with E-state index in [1.807, 2.05) is 17.9 Å². The minimum Gasteiger partial charge on any atom is -0.311 e. The summed E-state index contributed by atoms with van der Waals surface area (Å²) in [6.07, 6.45) is 4.78. The molecule has 80 valence electrons. The summed E-state index contributed by atoms with van der Waals surface area (Å²) < 4.78 is 2.93. The van der Waals surface area contributed by atoms with Crippen LogP contribution in [0, 0.1) is 5.92 Å². The highest BCUT2D eigenvalue weighted by atomic mass is 79.9. The zero-order valence-corrected chi connectivity index (χ0v) is 10.6. The zero-order valence-electron chi connectivity index (χ0n) is 8.16. The Morgan fingerprint density at radius 2 is 2.36 bits per heavy atom. The summed E-state index contributed by atoms with van der Waals surface area (Å²) in [7, 11) is 1.94. The molecular weight excluding hydrogens is 265 g/mol. The van der Waals surface area contributed by atoms with Crippen molar-refractivity contribution in [1.82, 2.24) is 15.1 Å². The highest BCUT2D eigenvalue weighted by molar-refractivity contribution is 9.10. The smallest absolute Gasteiger partial charge is 0.0904 e. The van der Waals surface area contributed by atoms with Gasteiger partial charge in [-0.1, -0.05) is 0 Å². The Labute approximate surface area is 98.8 Å². The molecule has 3 nitrogen and oxygen atoms in total. The minimum absolute atomic E-state index is 0. The van der Waals surface area contributed by atoms with Gasteiger partial charge in [-0.3, -0.25) is 4.68 Å². The molecule has 1 N–H and O–H groups in total. The molecule has 0 aliphatic heterocycles. The van der Waals surface area contributed by atoms with Gasteiger partial charge in [-0.25, -0.2) is 0 Å². The molecule has 1 fully saturated rings. The van der Waals surface area contributed by atoms with Crippen molar-refractivity contribution >= 4 is 28.3 Å². The van der Waals surface area contributed by atoms with Gasteiger partial charge in [0.2, 0.25) is 0 Å². The van der Waals surface area contributed by atoms with Crippen molar-refractivity contribution in [2.45, 2.75) is 19.4 Å². The molecule has 0 saturated heterocycles. The van der Waals surface area contributed by atoms with Gasteiger partial charge in [-0.05, 0) is 41.2 Å². The summed E-state index contributed by atoms with van der Waals surface area (Å²) in [4.78, 5) is 0. The molecule has 1 aliphatic carbocycles. The number of nitrogens with zero attached hydrogens (tertiary/aromatic N) is 2. The van der Waals surface area contributed by atoms with Crippen LogP contribution in [-0.2, 0) is 13.6 Å². The number of nitrogens with one attached hydrogen (secondary N) is 1. The molecule has 14 heavy (non-hydrogen) atoms. The van der Waals surface area contributed by atoms with E-state index in [1.54, 1.807) is 0 Å². The average molecular weight is 281 g/mol. The molecule has 0 radical (unpaired) electrons. The largest absolute Gasteiger partial charge is 0.311 e. The lowest BCUT2D eigenvalue weighted by Crippen LogP contribution is -2.16. The van der Waals surface area contributed by atoms with Crippen molar-refractivity contribution in [1.29, 1.82) is 0 Å². The molecule has 1 aromatic heterocycles. The maximum Gasteiger partial charge on any atom is 0.0904 e. The van der Waals surface area contributed by atoms with Crippen molar-refractivity contribution < 1.29 is 0 Å². The van der Waals surface area contributed by atoms with Crippen molar-refractivity contribution in [2.75, 3.05) is 6.54 Å². The van der Waals surface area contributed by atoms with Gasteiger partial charge in [0.1, 0.15) is 0 Å². The van der Waals surface area contributed by atoms with E-state index in [9.17, 15) is 0 Å². The third-order valence-corrected chi connectivity index (χ3v) is 2.94. The fraction of sp³-hybridized carbons (Fsp3) is 0.667. The molecule has 1 heterocycles. The van der Waals surface area contributed by atoms with Crippen molar-refractivity contribution in [3.8, 4) is 0 Å². The average Bonchev–Trinajstić information content (AvgIpc) is 2.81. The molecule has 0 unspecified atom stereocenters. The van der Waals surface area contributed by atoms with Gasteiger partial charge in [0, 0.05) is 19.8 Å². The second kappa shape index (κ2) is 5.14. The fourth-order valence-corrected chi connectivity index (χ4v) is 1.86. The SMILES string of the molecule is Cl.Cn1cc(Br)c(CNCC2CC2)n1. The number of hydrogen-bond acceptors (Lipinski definition) is 2. The zero-order chi connectivity index (χ0) is 9.26. The highest BCUT2D eigenvalue weighted by Crippen LogP contribution is 2.27. The predicted molar refractivity (Wildman–Crippen MR) is 62.6 cm³/mol. The molecule has 2 rings (SSSR count). The van der Waals surface area contributed by atoms with E-state index in [1.165, 1.54) is 12.8 Å². The molecule has 0 spiro atoms.